The summed E-state index contributed by atoms with van der Waals surface area (Å²) >= 11 is 1.84. The van der Waals surface area contributed by atoms with Crippen LogP contribution in [0.1, 0.15) is 26.2 Å². The monoisotopic (exact) mass is 256 g/mol. The van der Waals surface area contributed by atoms with Crippen LogP contribution < -0.4 is 5.32 Å². The predicted molar refractivity (Wildman–Crippen MR) is 68.9 cm³/mol. The van der Waals surface area contributed by atoms with Gasteiger partial charge in [0.25, 0.3) is 0 Å². The van der Waals surface area contributed by atoms with Gasteiger partial charge in [0.2, 0.25) is 11.8 Å². The van der Waals surface area contributed by atoms with Crippen molar-refractivity contribution in [2.24, 2.45) is 5.92 Å². The second-order valence-corrected chi connectivity index (χ2v) is 6.05. The lowest BCUT2D eigenvalue weighted by Gasteiger charge is -2.23. The van der Waals surface area contributed by atoms with Gasteiger partial charge < -0.3 is 10.2 Å². The van der Waals surface area contributed by atoms with Crippen LogP contribution in [0.4, 0.5) is 0 Å². The van der Waals surface area contributed by atoms with E-state index in [0.29, 0.717) is 18.9 Å². The van der Waals surface area contributed by atoms with E-state index in [1.165, 1.54) is 0 Å². The molecule has 1 atom stereocenters. The summed E-state index contributed by atoms with van der Waals surface area (Å²) in [4.78, 5) is 25.7. The zero-order valence-corrected chi connectivity index (χ0v) is 11.1. The first kappa shape index (κ1) is 12.7. The fourth-order valence-electron chi connectivity index (χ4n) is 2.14. The first-order valence-electron chi connectivity index (χ1n) is 6.38. The molecule has 5 heteroatoms. The van der Waals surface area contributed by atoms with Gasteiger partial charge in [-0.25, -0.2) is 0 Å². The zero-order chi connectivity index (χ0) is 12.3. The second kappa shape index (κ2) is 5.76. The van der Waals surface area contributed by atoms with E-state index in [9.17, 15) is 9.59 Å². The van der Waals surface area contributed by atoms with Gasteiger partial charge in [-0.3, -0.25) is 9.59 Å². The van der Waals surface area contributed by atoms with Crippen molar-refractivity contribution in [2.45, 2.75) is 32.2 Å². The Morgan fingerprint density at radius 1 is 1.41 bits per heavy atom. The maximum Gasteiger partial charge on any atom is 0.245 e. The highest BCUT2D eigenvalue weighted by molar-refractivity contribution is 7.99. The third-order valence-corrected chi connectivity index (χ3v) is 4.19. The number of hydrogen-bond acceptors (Lipinski definition) is 3. The van der Waals surface area contributed by atoms with Crippen LogP contribution in [0.2, 0.25) is 0 Å². The van der Waals surface area contributed by atoms with Crippen LogP contribution in [0.3, 0.4) is 0 Å². The number of amides is 2. The normalized spacial score (nSPS) is 25.7. The van der Waals surface area contributed by atoms with Gasteiger partial charge in [0.1, 0.15) is 6.04 Å². The molecule has 2 aliphatic rings. The van der Waals surface area contributed by atoms with Crippen LogP contribution in [-0.4, -0.2) is 47.4 Å². The first-order valence-corrected chi connectivity index (χ1v) is 7.53. The van der Waals surface area contributed by atoms with Gasteiger partial charge in [-0.1, -0.05) is 6.92 Å². The van der Waals surface area contributed by atoms with Gasteiger partial charge >= 0.3 is 0 Å². The van der Waals surface area contributed by atoms with E-state index in [0.717, 1.165) is 30.9 Å². The molecule has 17 heavy (non-hydrogen) atoms. The minimum Gasteiger partial charge on any atom is -0.344 e. The molecule has 96 valence electrons. The molecule has 1 aliphatic heterocycles. The molecule has 2 rings (SSSR count). The summed E-state index contributed by atoms with van der Waals surface area (Å²) in [5.74, 6) is 2.60. The molecule has 0 aromatic carbocycles. The van der Waals surface area contributed by atoms with Gasteiger partial charge in [0.15, 0.2) is 0 Å². The average Bonchev–Trinajstić information content (AvgIpc) is 3.13. The lowest BCUT2D eigenvalue weighted by Crippen LogP contribution is -2.46. The molecule has 1 saturated heterocycles. The molecular formula is C12H20N2O2S. The van der Waals surface area contributed by atoms with Crippen LogP contribution in [0.5, 0.6) is 0 Å². The second-order valence-electron chi connectivity index (χ2n) is 4.65. The smallest absolute Gasteiger partial charge is 0.245 e. The Bertz CT molecular complexity index is 305. The molecule has 2 amide bonds. The Kier molecular flexibility index (Phi) is 4.31. The van der Waals surface area contributed by atoms with Crippen molar-refractivity contribution in [3.63, 3.8) is 0 Å². The van der Waals surface area contributed by atoms with Gasteiger partial charge in [0, 0.05) is 25.3 Å². The third-order valence-electron chi connectivity index (χ3n) is 3.31. The molecule has 2 fully saturated rings. The zero-order valence-electron chi connectivity index (χ0n) is 10.3. The number of carbonyl (C=O) groups excluding carboxylic acids is 2. The Hall–Kier alpha value is -0.710. The van der Waals surface area contributed by atoms with Crippen LogP contribution in [0.15, 0.2) is 0 Å². The van der Waals surface area contributed by atoms with E-state index in [1.807, 2.05) is 16.7 Å². The molecule has 0 aromatic rings. The summed E-state index contributed by atoms with van der Waals surface area (Å²) in [6.07, 6.45) is 2.61. The predicted octanol–water partition coefficient (Wildman–Crippen LogP) is 0.867. The van der Waals surface area contributed by atoms with Crippen LogP contribution in [0, 0.1) is 5.92 Å². The molecule has 1 unspecified atom stereocenters. The minimum atomic E-state index is -0.239. The molecule has 1 N–H and O–H groups in total. The van der Waals surface area contributed by atoms with Crippen molar-refractivity contribution in [1.82, 2.24) is 10.2 Å². The van der Waals surface area contributed by atoms with Crippen LogP contribution >= 0.6 is 11.8 Å². The number of thioether (sulfide) groups is 1. The summed E-state index contributed by atoms with van der Waals surface area (Å²) in [5, 5.41) is 2.87. The van der Waals surface area contributed by atoms with Gasteiger partial charge in [-0.2, -0.15) is 11.8 Å². The van der Waals surface area contributed by atoms with E-state index >= 15 is 0 Å². The fourth-order valence-corrected chi connectivity index (χ4v) is 2.78. The molecule has 1 aliphatic carbocycles. The summed E-state index contributed by atoms with van der Waals surface area (Å²) in [5.41, 5.74) is 0. The maximum absolute atomic E-state index is 12.3. The van der Waals surface area contributed by atoms with Crippen molar-refractivity contribution in [3.8, 4) is 0 Å². The van der Waals surface area contributed by atoms with E-state index in [4.69, 9.17) is 0 Å². The largest absolute Gasteiger partial charge is 0.344 e. The molecule has 4 nitrogen and oxygen atoms in total. The van der Waals surface area contributed by atoms with Crippen molar-refractivity contribution >= 4 is 23.6 Å². The number of hydrogen-bond donors (Lipinski definition) is 1. The van der Waals surface area contributed by atoms with Gasteiger partial charge in [0.05, 0.1) is 0 Å². The molecular weight excluding hydrogens is 236 g/mol. The van der Waals surface area contributed by atoms with Gasteiger partial charge in [-0.05, 0) is 24.5 Å². The lowest BCUT2D eigenvalue weighted by molar-refractivity contribution is -0.133. The van der Waals surface area contributed by atoms with Crippen LogP contribution in [0.25, 0.3) is 0 Å². The first-order chi connectivity index (χ1) is 8.22. The average molecular weight is 256 g/mol. The van der Waals surface area contributed by atoms with E-state index in [1.54, 1.807) is 0 Å². The van der Waals surface area contributed by atoms with Crippen LogP contribution in [-0.2, 0) is 9.59 Å². The van der Waals surface area contributed by atoms with Crippen molar-refractivity contribution < 1.29 is 9.59 Å². The fraction of sp³-hybridized carbons (Fsp3) is 0.833. The molecule has 1 saturated carbocycles. The van der Waals surface area contributed by atoms with Gasteiger partial charge in [-0.15, -0.1) is 0 Å². The standard InChI is InChI=1S/C12H20N2O2S/c1-2-17-8-7-14-6-5-10(15)13-11(12(14)16)9-3-4-9/h9,11H,2-8H2,1H3,(H,13,15). The van der Waals surface area contributed by atoms with E-state index in [-0.39, 0.29) is 17.9 Å². The lowest BCUT2D eigenvalue weighted by atomic mass is 10.1. The third kappa shape index (κ3) is 3.37. The Balaban J connectivity index is 1.94. The maximum atomic E-state index is 12.3. The number of nitrogens with one attached hydrogen (secondary N) is 1. The number of nitrogens with zero attached hydrogens (tertiary/aromatic N) is 1. The summed E-state index contributed by atoms with van der Waals surface area (Å²) < 4.78 is 0. The molecule has 1 heterocycles. The van der Waals surface area contributed by atoms with Crippen molar-refractivity contribution in [3.05, 3.63) is 0 Å². The Labute approximate surface area is 106 Å². The molecule has 0 bridgehead atoms. The highest BCUT2D eigenvalue weighted by atomic mass is 32.2. The minimum absolute atomic E-state index is 0.0286. The summed E-state index contributed by atoms with van der Waals surface area (Å²) in [7, 11) is 0. The SMILES string of the molecule is CCSCCN1CCC(=O)NC(C2CC2)C1=O. The highest BCUT2D eigenvalue weighted by Gasteiger charge is 2.40. The van der Waals surface area contributed by atoms with Crippen molar-refractivity contribution in [2.75, 3.05) is 24.6 Å². The molecule has 0 radical (unpaired) electrons. The molecule has 0 aromatic heterocycles. The summed E-state index contributed by atoms with van der Waals surface area (Å²) in [6.45, 7) is 3.47. The quantitative estimate of drug-likeness (QED) is 0.743. The van der Waals surface area contributed by atoms with E-state index in [2.05, 4.69) is 12.2 Å². The highest BCUT2D eigenvalue weighted by Crippen LogP contribution is 2.34. The Morgan fingerprint density at radius 3 is 2.82 bits per heavy atom. The number of carbonyl (C=O) groups is 2. The topological polar surface area (TPSA) is 49.4 Å². The summed E-state index contributed by atoms with van der Waals surface area (Å²) in [6, 6.07) is -0.239. The molecule has 0 spiro atoms. The van der Waals surface area contributed by atoms with E-state index < -0.39 is 0 Å². The number of rotatable bonds is 5. The Morgan fingerprint density at radius 2 is 2.18 bits per heavy atom. The van der Waals surface area contributed by atoms with Crippen molar-refractivity contribution in [1.29, 1.82) is 0 Å².